The van der Waals surface area contributed by atoms with Crippen molar-refractivity contribution in [3.05, 3.63) is 11.5 Å². The van der Waals surface area contributed by atoms with Gasteiger partial charge in [0.05, 0.1) is 0 Å². The Labute approximate surface area is 101 Å². The molecule has 0 amide bonds. The first-order valence-electron chi connectivity index (χ1n) is 5.72. The van der Waals surface area contributed by atoms with Gasteiger partial charge in [-0.05, 0) is 19.8 Å². The lowest BCUT2D eigenvalue weighted by molar-refractivity contribution is 0.611. The van der Waals surface area contributed by atoms with Crippen LogP contribution in [0.5, 0.6) is 0 Å². The van der Waals surface area contributed by atoms with Crippen LogP contribution in [0.2, 0.25) is 5.15 Å². The summed E-state index contributed by atoms with van der Waals surface area (Å²) >= 11 is 5.92. The van der Waals surface area contributed by atoms with Crippen molar-refractivity contribution >= 4 is 23.1 Å². The minimum Gasteiger partial charge on any atom is -0.393 e. The third-order valence-electron chi connectivity index (χ3n) is 3.14. The maximum Gasteiger partial charge on any atom is 0.157 e. The summed E-state index contributed by atoms with van der Waals surface area (Å²) in [7, 11) is 0. The average Bonchev–Trinajstić information content (AvgIpc) is 2.47. The molecule has 88 valence electrons. The zero-order valence-corrected chi connectivity index (χ0v) is 10.2. The predicted octanol–water partition coefficient (Wildman–Crippen LogP) is 2.48. The summed E-state index contributed by atoms with van der Waals surface area (Å²) in [4.78, 5) is 10.4. The molecular formula is C11H17ClN4. The van der Waals surface area contributed by atoms with Gasteiger partial charge < -0.3 is 10.6 Å². The number of anilines is 2. The van der Waals surface area contributed by atoms with Crippen molar-refractivity contribution in [2.24, 2.45) is 0 Å². The second-order valence-electron chi connectivity index (χ2n) is 4.29. The van der Waals surface area contributed by atoms with E-state index in [0.29, 0.717) is 16.9 Å². The molecule has 1 atom stereocenters. The Bertz CT molecular complexity index is 369. The van der Waals surface area contributed by atoms with Gasteiger partial charge in [-0.25, -0.2) is 9.97 Å². The molecule has 0 aromatic carbocycles. The monoisotopic (exact) mass is 240 g/mol. The lowest BCUT2D eigenvalue weighted by Crippen LogP contribution is -2.33. The van der Waals surface area contributed by atoms with Crippen LogP contribution in [-0.2, 0) is 0 Å². The Hall–Kier alpha value is -1.03. The number of nitrogens with two attached hydrogens (primary N) is 1. The van der Waals surface area contributed by atoms with E-state index in [1.165, 1.54) is 32.0 Å². The first-order valence-corrected chi connectivity index (χ1v) is 6.10. The van der Waals surface area contributed by atoms with Crippen molar-refractivity contribution in [2.45, 2.75) is 38.6 Å². The molecule has 2 rings (SSSR count). The Balaban J connectivity index is 2.30. The van der Waals surface area contributed by atoms with Crippen molar-refractivity contribution in [1.82, 2.24) is 9.97 Å². The van der Waals surface area contributed by atoms with Crippen molar-refractivity contribution in [3.63, 3.8) is 0 Å². The number of nitrogen functional groups attached to an aromatic ring is 1. The molecule has 1 aromatic rings. The van der Waals surface area contributed by atoms with Gasteiger partial charge in [0.15, 0.2) is 11.0 Å². The average molecular weight is 241 g/mol. The van der Waals surface area contributed by atoms with Gasteiger partial charge in [0, 0.05) is 12.6 Å². The molecule has 5 heteroatoms. The minimum absolute atomic E-state index is 0.349. The Morgan fingerprint density at radius 2 is 2.19 bits per heavy atom. The molecule has 0 spiro atoms. The van der Waals surface area contributed by atoms with Crippen LogP contribution in [0.3, 0.4) is 0 Å². The van der Waals surface area contributed by atoms with Crippen LogP contribution >= 0.6 is 11.6 Å². The van der Waals surface area contributed by atoms with E-state index in [2.05, 4.69) is 21.8 Å². The van der Waals surface area contributed by atoms with E-state index in [1.807, 2.05) is 0 Å². The topological polar surface area (TPSA) is 55.0 Å². The van der Waals surface area contributed by atoms with Gasteiger partial charge >= 0.3 is 0 Å². The lowest BCUT2D eigenvalue weighted by atomic mass is 10.1. The highest BCUT2D eigenvalue weighted by Crippen LogP contribution is 2.29. The van der Waals surface area contributed by atoms with Crippen LogP contribution in [0.1, 0.15) is 32.6 Å². The fourth-order valence-electron chi connectivity index (χ4n) is 2.18. The van der Waals surface area contributed by atoms with Crippen molar-refractivity contribution in [1.29, 1.82) is 0 Å². The normalized spacial score (nSPS) is 21.9. The molecule has 1 aliphatic heterocycles. The smallest absolute Gasteiger partial charge is 0.157 e. The zero-order chi connectivity index (χ0) is 11.5. The fourth-order valence-corrected chi connectivity index (χ4v) is 2.31. The Morgan fingerprint density at radius 3 is 3.00 bits per heavy atom. The molecule has 16 heavy (non-hydrogen) atoms. The number of hydrogen-bond donors (Lipinski definition) is 1. The second-order valence-corrected chi connectivity index (χ2v) is 4.65. The summed E-state index contributed by atoms with van der Waals surface area (Å²) in [6, 6.07) is 0.468. The molecule has 1 aliphatic rings. The Kier molecular flexibility index (Phi) is 3.49. The minimum atomic E-state index is 0.349. The van der Waals surface area contributed by atoms with Gasteiger partial charge in [0.2, 0.25) is 0 Å². The SMILES string of the molecule is CC1CCCCCN1c1ncnc(Cl)c1N. The van der Waals surface area contributed by atoms with Crippen LogP contribution in [0.15, 0.2) is 6.33 Å². The van der Waals surface area contributed by atoms with Gasteiger partial charge in [0.1, 0.15) is 12.0 Å². The van der Waals surface area contributed by atoms with Crippen LogP contribution in [-0.4, -0.2) is 22.6 Å². The third kappa shape index (κ3) is 2.21. The van der Waals surface area contributed by atoms with Crippen LogP contribution in [0.25, 0.3) is 0 Å². The molecule has 0 aliphatic carbocycles. The summed E-state index contributed by atoms with van der Waals surface area (Å²) < 4.78 is 0. The maximum atomic E-state index is 5.93. The zero-order valence-electron chi connectivity index (χ0n) is 9.49. The largest absolute Gasteiger partial charge is 0.393 e. The molecule has 1 fully saturated rings. The Morgan fingerprint density at radius 1 is 1.38 bits per heavy atom. The number of nitrogens with zero attached hydrogens (tertiary/aromatic N) is 3. The number of rotatable bonds is 1. The predicted molar refractivity (Wildman–Crippen MR) is 66.7 cm³/mol. The molecule has 0 bridgehead atoms. The van der Waals surface area contributed by atoms with Crippen molar-refractivity contribution in [2.75, 3.05) is 17.2 Å². The highest BCUT2D eigenvalue weighted by Gasteiger charge is 2.21. The molecule has 1 saturated heterocycles. The lowest BCUT2D eigenvalue weighted by Gasteiger charge is -2.29. The van der Waals surface area contributed by atoms with Crippen molar-refractivity contribution < 1.29 is 0 Å². The molecule has 1 aromatic heterocycles. The highest BCUT2D eigenvalue weighted by atomic mass is 35.5. The van der Waals surface area contributed by atoms with E-state index in [-0.39, 0.29) is 0 Å². The molecule has 0 radical (unpaired) electrons. The number of aromatic nitrogens is 2. The third-order valence-corrected chi connectivity index (χ3v) is 3.44. The first kappa shape index (κ1) is 11.5. The van der Waals surface area contributed by atoms with E-state index in [4.69, 9.17) is 17.3 Å². The summed E-state index contributed by atoms with van der Waals surface area (Å²) in [6.07, 6.45) is 6.40. The highest BCUT2D eigenvalue weighted by molar-refractivity contribution is 6.32. The van der Waals surface area contributed by atoms with Gasteiger partial charge in [-0.3, -0.25) is 0 Å². The van der Waals surface area contributed by atoms with Gasteiger partial charge in [0.25, 0.3) is 0 Å². The summed E-state index contributed by atoms with van der Waals surface area (Å²) in [6.45, 7) is 3.21. The van der Waals surface area contributed by atoms with Gasteiger partial charge in [-0.2, -0.15) is 0 Å². The fraction of sp³-hybridized carbons (Fsp3) is 0.636. The van der Waals surface area contributed by atoms with Gasteiger partial charge in [-0.1, -0.05) is 24.4 Å². The molecule has 0 saturated carbocycles. The van der Waals surface area contributed by atoms with E-state index >= 15 is 0 Å². The van der Waals surface area contributed by atoms with E-state index in [0.717, 1.165) is 12.4 Å². The first-order chi connectivity index (χ1) is 7.70. The maximum absolute atomic E-state index is 5.93. The van der Waals surface area contributed by atoms with E-state index in [9.17, 15) is 0 Å². The molecule has 2 N–H and O–H groups in total. The van der Waals surface area contributed by atoms with Crippen LogP contribution < -0.4 is 10.6 Å². The van der Waals surface area contributed by atoms with E-state index < -0.39 is 0 Å². The standard InChI is InChI=1S/C11H17ClN4/c1-8-5-3-2-4-6-16(8)11-9(13)10(12)14-7-15-11/h7-8H,2-6,13H2,1H3. The number of halogens is 1. The molecule has 1 unspecified atom stereocenters. The quantitative estimate of drug-likeness (QED) is 0.767. The van der Waals surface area contributed by atoms with Gasteiger partial charge in [-0.15, -0.1) is 0 Å². The molecule has 2 heterocycles. The van der Waals surface area contributed by atoms with Crippen molar-refractivity contribution in [3.8, 4) is 0 Å². The molecular weight excluding hydrogens is 224 g/mol. The summed E-state index contributed by atoms with van der Waals surface area (Å²) in [5.74, 6) is 0.786. The number of hydrogen-bond acceptors (Lipinski definition) is 4. The molecule has 4 nitrogen and oxygen atoms in total. The second kappa shape index (κ2) is 4.87. The van der Waals surface area contributed by atoms with Crippen LogP contribution in [0, 0.1) is 0 Å². The summed E-state index contributed by atoms with van der Waals surface area (Å²) in [5, 5.41) is 0.349. The summed E-state index contributed by atoms with van der Waals surface area (Å²) in [5.41, 5.74) is 6.43. The van der Waals surface area contributed by atoms with E-state index in [1.54, 1.807) is 0 Å². The van der Waals surface area contributed by atoms with Crippen LogP contribution in [0.4, 0.5) is 11.5 Å².